The van der Waals surface area contributed by atoms with Gasteiger partial charge in [0.2, 0.25) is 10.0 Å². The third-order valence-electron chi connectivity index (χ3n) is 2.18. The predicted molar refractivity (Wildman–Crippen MR) is 66.0 cm³/mol. The maximum atomic E-state index is 11.7. The van der Waals surface area contributed by atoms with Crippen LogP contribution in [0.3, 0.4) is 0 Å². The Labute approximate surface area is 102 Å². The summed E-state index contributed by atoms with van der Waals surface area (Å²) in [6, 6.07) is 5.39. The fraction of sp³-hybridized carbons (Fsp3) is 0.545. The van der Waals surface area contributed by atoms with Gasteiger partial charge in [-0.15, -0.1) is 0 Å². The minimum atomic E-state index is -3.40. The first-order chi connectivity index (χ1) is 7.85. The summed E-state index contributed by atoms with van der Waals surface area (Å²) < 4.78 is 25.9. The molecule has 1 aromatic rings. The van der Waals surface area contributed by atoms with Gasteiger partial charge in [0, 0.05) is 18.3 Å². The van der Waals surface area contributed by atoms with Gasteiger partial charge in [-0.2, -0.15) is 0 Å². The predicted octanol–water partition coefficient (Wildman–Crippen LogP) is 0.314. The van der Waals surface area contributed by atoms with Crippen LogP contribution in [0.5, 0.6) is 0 Å². The summed E-state index contributed by atoms with van der Waals surface area (Å²) in [5.74, 6) is -0.0343. The Morgan fingerprint density at radius 3 is 2.65 bits per heavy atom. The summed E-state index contributed by atoms with van der Waals surface area (Å²) in [4.78, 5) is 4.06. The fourth-order valence-electron chi connectivity index (χ4n) is 1.29. The van der Waals surface area contributed by atoms with E-state index in [4.69, 9.17) is 5.11 Å². The molecule has 0 radical (unpaired) electrons. The average molecular weight is 258 g/mol. The van der Waals surface area contributed by atoms with Gasteiger partial charge in [-0.25, -0.2) is 13.1 Å². The first-order valence-corrected chi connectivity index (χ1v) is 7.02. The fourth-order valence-corrected chi connectivity index (χ4v) is 2.78. The van der Waals surface area contributed by atoms with Crippen molar-refractivity contribution in [3.8, 4) is 0 Å². The third kappa shape index (κ3) is 5.25. The molecule has 1 aromatic heterocycles. The van der Waals surface area contributed by atoms with Gasteiger partial charge in [-0.3, -0.25) is 4.98 Å². The van der Waals surface area contributed by atoms with Gasteiger partial charge in [0.05, 0.1) is 17.9 Å². The number of aryl methyl sites for hydroxylation is 1. The monoisotopic (exact) mass is 258 g/mol. The van der Waals surface area contributed by atoms with Crippen molar-refractivity contribution < 1.29 is 13.5 Å². The molecule has 6 heteroatoms. The number of pyridine rings is 1. The topological polar surface area (TPSA) is 79.3 Å². The van der Waals surface area contributed by atoms with E-state index in [-0.39, 0.29) is 12.4 Å². The lowest BCUT2D eigenvalue weighted by Crippen LogP contribution is -2.47. The lowest BCUT2D eigenvalue weighted by atomic mass is 10.1. The van der Waals surface area contributed by atoms with Gasteiger partial charge in [-0.05, 0) is 26.0 Å². The van der Waals surface area contributed by atoms with Crippen molar-refractivity contribution >= 4 is 10.0 Å². The largest absolute Gasteiger partial charge is 0.394 e. The molecule has 0 aliphatic carbocycles. The highest BCUT2D eigenvalue weighted by atomic mass is 32.2. The van der Waals surface area contributed by atoms with Crippen LogP contribution < -0.4 is 4.72 Å². The maximum Gasteiger partial charge on any atom is 0.212 e. The third-order valence-corrected chi connectivity index (χ3v) is 3.79. The minimum Gasteiger partial charge on any atom is -0.394 e. The molecule has 0 aliphatic heterocycles. The second-order valence-electron chi connectivity index (χ2n) is 4.53. The minimum absolute atomic E-state index is 0.0343. The number of aliphatic hydroxyl groups excluding tert-OH is 1. The van der Waals surface area contributed by atoms with Crippen molar-refractivity contribution in [2.75, 3.05) is 12.4 Å². The van der Waals surface area contributed by atoms with E-state index < -0.39 is 15.6 Å². The molecule has 0 bridgehead atoms. The molecule has 5 nitrogen and oxygen atoms in total. The van der Waals surface area contributed by atoms with Crippen LogP contribution in [-0.4, -0.2) is 36.4 Å². The van der Waals surface area contributed by atoms with Crippen LogP contribution in [0.15, 0.2) is 24.4 Å². The van der Waals surface area contributed by atoms with Crippen molar-refractivity contribution in [1.82, 2.24) is 9.71 Å². The van der Waals surface area contributed by atoms with Crippen molar-refractivity contribution in [3.05, 3.63) is 30.1 Å². The molecule has 0 spiro atoms. The van der Waals surface area contributed by atoms with Gasteiger partial charge in [0.1, 0.15) is 0 Å². The first-order valence-electron chi connectivity index (χ1n) is 5.37. The Morgan fingerprint density at radius 1 is 1.41 bits per heavy atom. The molecule has 0 saturated heterocycles. The lowest BCUT2D eigenvalue weighted by molar-refractivity contribution is 0.208. The van der Waals surface area contributed by atoms with E-state index in [0.717, 1.165) is 5.69 Å². The molecule has 0 aromatic carbocycles. The summed E-state index contributed by atoms with van der Waals surface area (Å²) in [6.45, 7) is 3.02. The number of hydrogen-bond acceptors (Lipinski definition) is 4. The average Bonchev–Trinajstić information content (AvgIpc) is 2.27. The Kier molecular flexibility index (Phi) is 4.62. The van der Waals surface area contributed by atoms with E-state index in [1.807, 2.05) is 6.07 Å². The van der Waals surface area contributed by atoms with E-state index in [2.05, 4.69) is 9.71 Å². The van der Waals surface area contributed by atoms with Crippen molar-refractivity contribution in [2.45, 2.75) is 25.8 Å². The number of rotatable bonds is 6. The standard InChI is InChI=1S/C11H18N2O3S/c1-11(2,9-14)13-17(15,16)8-6-10-5-3-4-7-12-10/h3-5,7,13-14H,6,8-9H2,1-2H3. The molecule has 1 heterocycles. The van der Waals surface area contributed by atoms with E-state index in [1.54, 1.807) is 32.2 Å². The Balaban J connectivity index is 2.57. The molecular formula is C11H18N2O3S. The summed E-state index contributed by atoms with van der Waals surface area (Å²) in [7, 11) is -3.40. The summed E-state index contributed by atoms with van der Waals surface area (Å²) >= 11 is 0. The van der Waals surface area contributed by atoms with Crippen LogP contribution in [-0.2, 0) is 16.4 Å². The number of sulfonamides is 1. The van der Waals surface area contributed by atoms with Crippen LogP contribution >= 0.6 is 0 Å². The zero-order valence-electron chi connectivity index (χ0n) is 10.0. The van der Waals surface area contributed by atoms with E-state index in [1.165, 1.54) is 0 Å². The molecule has 2 N–H and O–H groups in total. The SMILES string of the molecule is CC(C)(CO)NS(=O)(=O)CCc1ccccn1. The van der Waals surface area contributed by atoms with E-state index in [9.17, 15) is 8.42 Å². The molecule has 0 fully saturated rings. The van der Waals surface area contributed by atoms with Gasteiger partial charge in [0.25, 0.3) is 0 Å². The summed E-state index contributed by atoms with van der Waals surface area (Å²) in [5, 5.41) is 9.00. The van der Waals surface area contributed by atoms with Gasteiger partial charge in [-0.1, -0.05) is 6.07 Å². The number of hydrogen-bond donors (Lipinski definition) is 2. The second kappa shape index (κ2) is 5.57. The molecule has 0 aliphatic rings. The maximum absolute atomic E-state index is 11.7. The molecule has 0 amide bonds. The van der Waals surface area contributed by atoms with Crippen LogP contribution in [0.2, 0.25) is 0 Å². The van der Waals surface area contributed by atoms with Crippen molar-refractivity contribution in [3.63, 3.8) is 0 Å². The van der Waals surface area contributed by atoms with Crippen molar-refractivity contribution in [2.24, 2.45) is 0 Å². The van der Waals surface area contributed by atoms with Crippen LogP contribution in [0, 0.1) is 0 Å². The molecule has 0 saturated carbocycles. The number of aromatic nitrogens is 1. The van der Waals surface area contributed by atoms with Gasteiger partial charge < -0.3 is 5.11 Å². The van der Waals surface area contributed by atoms with Crippen LogP contribution in [0.1, 0.15) is 19.5 Å². The molecule has 1 rings (SSSR count). The Bertz CT molecular complexity index is 443. The summed E-state index contributed by atoms with van der Waals surface area (Å²) in [6.07, 6.45) is 1.99. The number of nitrogens with zero attached hydrogens (tertiary/aromatic N) is 1. The highest BCUT2D eigenvalue weighted by Crippen LogP contribution is 2.05. The highest BCUT2D eigenvalue weighted by molar-refractivity contribution is 7.89. The second-order valence-corrected chi connectivity index (χ2v) is 6.38. The first kappa shape index (κ1) is 14.1. The Hall–Kier alpha value is -0.980. The van der Waals surface area contributed by atoms with E-state index >= 15 is 0 Å². The van der Waals surface area contributed by atoms with Crippen molar-refractivity contribution in [1.29, 1.82) is 0 Å². The summed E-state index contributed by atoms with van der Waals surface area (Å²) in [5.41, 5.74) is -0.0946. The molecular weight excluding hydrogens is 240 g/mol. The zero-order chi connectivity index (χ0) is 12.9. The van der Waals surface area contributed by atoms with E-state index in [0.29, 0.717) is 6.42 Å². The van der Waals surface area contributed by atoms with Gasteiger partial charge >= 0.3 is 0 Å². The Morgan fingerprint density at radius 2 is 2.12 bits per heavy atom. The quantitative estimate of drug-likeness (QED) is 0.770. The number of nitrogens with one attached hydrogen (secondary N) is 1. The molecule has 96 valence electrons. The molecule has 0 unspecified atom stereocenters. The van der Waals surface area contributed by atoms with Gasteiger partial charge in [0.15, 0.2) is 0 Å². The highest BCUT2D eigenvalue weighted by Gasteiger charge is 2.23. The molecule has 17 heavy (non-hydrogen) atoms. The zero-order valence-corrected chi connectivity index (χ0v) is 10.9. The molecule has 0 atom stereocenters. The van der Waals surface area contributed by atoms with Crippen LogP contribution in [0.4, 0.5) is 0 Å². The van der Waals surface area contributed by atoms with Crippen LogP contribution in [0.25, 0.3) is 0 Å². The smallest absolute Gasteiger partial charge is 0.212 e. The number of aliphatic hydroxyl groups is 1. The lowest BCUT2D eigenvalue weighted by Gasteiger charge is -2.23. The normalized spacial score (nSPS) is 12.6.